The molecule has 1 aliphatic rings. The third-order valence-corrected chi connectivity index (χ3v) is 2.46. The smallest absolute Gasteiger partial charge is 0.315 e. The number of H-pyrrole nitrogens is 2. The molecule has 1 atom stereocenters. The molecule has 82 valence electrons. The molecule has 1 fully saturated rings. The third-order valence-electron chi connectivity index (χ3n) is 2.46. The lowest BCUT2D eigenvalue weighted by molar-refractivity contribution is 0.540. The second-order valence-corrected chi connectivity index (χ2v) is 3.68. The Hall–Kier alpha value is -1.40. The van der Waals surface area contributed by atoms with E-state index in [4.69, 9.17) is 0 Å². The minimum Gasteiger partial charge on any atom is -0.315 e. The Labute approximate surface area is 86.1 Å². The first-order valence-corrected chi connectivity index (χ1v) is 5.00. The fraction of sp³-hybridized carbons (Fsp3) is 0.556. The van der Waals surface area contributed by atoms with Gasteiger partial charge in [-0.1, -0.05) is 0 Å². The molecule has 0 aliphatic carbocycles. The summed E-state index contributed by atoms with van der Waals surface area (Å²) in [4.78, 5) is 26.7. The van der Waals surface area contributed by atoms with Crippen molar-refractivity contribution in [3.8, 4) is 0 Å². The van der Waals surface area contributed by atoms with E-state index in [2.05, 4.69) is 20.6 Å². The Morgan fingerprint density at radius 2 is 2.27 bits per heavy atom. The van der Waals surface area contributed by atoms with Gasteiger partial charge in [0.2, 0.25) is 0 Å². The van der Waals surface area contributed by atoms with Crippen LogP contribution in [0.3, 0.4) is 0 Å². The van der Waals surface area contributed by atoms with Gasteiger partial charge in [0.25, 0.3) is 5.56 Å². The molecule has 4 N–H and O–H groups in total. The van der Waals surface area contributed by atoms with Crippen LogP contribution in [0, 0.1) is 0 Å². The molecule has 6 nitrogen and oxygen atoms in total. The number of aromatic amines is 2. The average molecular weight is 210 g/mol. The molecular formula is C9H14N4O2. The van der Waals surface area contributed by atoms with Crippen LogP contribution in [0.15, 0.2) is 15.7 Å². The normalized spacial score (nSPS) is 20.7. The summed E-state index contributed by atoms with van der Waals surface area (Å²) in [6.45, 7) is 2.47. The topological polar surface area (TPSA) is 89.8 Å². The van der Waals surface area contributed by atoms with Crippen LogP contribution in [0.25, 0.3) is 0 Å². The third kappa shape index (κ3) is 2.77. The lowest BCUT2D eigenvalue weighted by atomic mass is 10.2. The van der Waals surface area contributed by atoms with E-state index in [1.165, 1.54) is 6.07 Å². The summed E-state index contributed by atoms with van der Waals surface area (Å²) in [5, 5.41) is 6.50. The molecule has 0 radical (unpaired) electrons. The van der Waals surface area contributed by atoms with Gasteiger partial charge in [-0.2, -0.15) is 0 Å². The first-order chi connectivity index (χ1) is 7.24. The summed E-state index contributed by atoms with van der Waals surface area (Å²) in [6.07, 6.45) is 1.08. The minimum atomic E-state index is -0.455. The first kappa shape index (κ1) is 10.1. The van der Waals surface area contributed by atoms with Gasteiger partial charge >= 0.3 is 5.69 Å². The zero-order valence-electron chi connectivity index (χ0n) is 8.30. The number of nitrogens with one attached hydrogen (secondary N) is 4. The molecule has 1 aromatic rings. The van der Waals surface area contributed by atoms with E-state index >= 15 is 0 Å². The van der Waals surface area contributed by atoms with Gasteiger partial charge in [-0.15, -0.1) is 0 Å². The number of rotatable bonds is 3. The van der Waals surface area contributed by atoms with E-state index in [0.717, 1.165) is 19.5 Å². The summed E-state index contributed by atoms with van der Waals surface area (Å²) in [6, 6.07) is 1.82. The average Bonchev–Trinajstić information content (AvgIpc) is 2.65. The van der Waals surface area contributed by atoms with Gasteiger partial charge in [0.15, 0.2) is 0 Å². The predicted octanol–water partition coefficient (Wildman–Crippen LogP) is -1.49. The molecule has 15 heavy (non-hydrogen) atoms. The van der Waals surface area contributed by atoms with Crippen molar-refractivity contribution in [2.75, 3.05) is 13.1 Å². The van der Waals surface area contributed by atoms with Crippen molar-refractivity contribution in [1.82, 2.24) is 20.6 Å². The molecule has 0 amide bonds. The van der Waals surface area contributed by atoms with E-state index in [0.29, 0.717) is 18.3 Å². The fourth-order valence-electron chi connectivity index (χ4n) is 1.70. The van der Waals surface area contributed by atoms with E-state index < -0.39 is 5.69 Å². The molecular weight excluding hydrogens is 196 g/mol. The van der Waals surface area contributed by atoms with Crippen molar-refractivity contribution in [2.45, 2.75) is 19.0 Å². The van der Waals surface area contributed by atoms with Gasteiger partial charge in [0.05, 0.1) is 0 Å². The van der Waals surface area contributed by atoms with E-state index in [-0.39, 0.29) is 5.56 Å². The maximum Gasteiger partial charge on any atom is 0.325 e. The van der Waals surface area contributed by atoms with Crippen molar-refractivity contribution in [3.05, 3.63) is 32.6 Å². The van der Waals surface area contributed by atoms with E-state index in [1.807, 2.05) is 0 Å². The van der Waals surface area contributed by atoms with Crippen LogP contribution in [0.2, 0.25) is 0 Å². The lowest BCUT2D eigenvalue weighted by Gasteiger charge is -2.10. The van der Waals surface area contributed by atoms with Crippen LogP contribution in [-0.2, 0) is 6.54 Å². The van der Waals surface area contributed by atoms with Crippen LogP contribution in [0.1, 0.15) is 12.1 Å². The summed E-state index contributed by atoms with van der Waals surface area (Å²) in [5.41, 5.74) is -0.195. The molecule has 0 saturated carbocycles. The van der Waals surface area contributed by atoms with Gasteiger partial charge in [0.1, 0.15) is 0 Å². The Bertz CT molecular complexity index is 402. The highest BCUT2D eigenvalue weighted by atomic mass is 16.2. The molecule has 6 heteroatoms. The lowest BCUT2D eigenvalue weighted by Crippen LogP contribution is -2.32. The highest BCUT2D eigenvalue weighted by molar-refractivity contribution is 4.98. The molecule has 1 aliphatic heterocycles. The Balaban J connectivity index is 1.98. The Morgan fingerprint density at radius 3 is 2.93 bits per heavy atom. The Morgan fingerprint density at radius 1 is 1.40 bits per heavy atom. The molecule has 2 heterocycles. The Kier molecular flexibility index (Phi) is 2.98. The fourth-order valence-corrected chi connectivity index (χ4v) is 1.70. The summed E-state index contributed by atoms with van der Waals surface area (Å²) >= 11 is 0. The van der Waals surface area contributed by atoms with Crippen molar-refractivity contribution >= 4 is 0 Å². The minimum absolute atomic E-state index is 0.361. The molecule has 1 unspecified atom stereocenters. The van der Waals surface area contributed by atoms with Crippen molar-refractivity contribution < 1.29 is 0 Å². The van der Waals surface area contributed by atoms with Gasteiger partial charge in [-0.25, -0.2) is 4.79 Å². The van der Waals surface area contributed by atoms with Gasteiger partial charge in [-0.05, 0) is 13.0 Å². The SMILES string of the molecule is O=c1cc(CNC2CCNC2)[nH]c(=O)[nH]1. The van der Waals surface area contributed by atoms with Gasteiger partial charge in [-0.3, -0.25) is 9.78 Å². The second-order valence-electron chi connectivity index (χ2n) is 3.68. The molecule has 0 aromatic carbocycles. The van der Waals surface area contributed by atoms with Crippen LogP contribution in [0.4, 0.5) is 0 Å². The van der Waals surface area contributed by atoms with Crippen molar-refractivity contribution in [3.63, 3.8) is 0 Å². The second kappa shape index (κ2) is 4.41. The first-order valence-electron chi connectivity index (χ1n) is 5.00. The highest BCUT2D eigenvalue weighted by Crippen LogP contribution is 1.97. The van der Waals surface area contributed by atoms with Crippen molar-refractivity contribution in [2.24, 2.45) is 0 Å². The number of hydrogen-bond donors (Lipinski definition) is 4. The van der Waals surface area contributed by atoms with Crippen LogP contribution in [-0.4, -0.2) is 29.1 Å². The molecule has 0 bridgehead atoms. The standard InChI is InChI=1S/C9H14N4O2/c14-8-3-7(12-9(15)13-8)5-11-6-1-2-10-4-6/h3,6,10-11H,1-2,4-5H2,(H2,12,13,14,15). The predicted molar refractivity (Wildman–Crippen MR) is 55.8 cm³/mol. The van der Waals surface area contributed by atoms with Crippen LogP contribution >= 0.6 is 0 Å². The molecule has 1 saturated heterocycles. The zero-order valence-corrected chi connectivity index (χ0v) is 8.30. The molecule has 0 spiro atoms. The summed E-state index contributed by atoms with van der Waals surface area (Å²) < 4.78 is 0. The van der Waals surface area contributed by atoms with Crippen molar-refractivity contribution in [1.29, 1.82) is 0 Å². The summed E-state index contributed by atoms with van der Waals surface area (Å²) in [5.74, 6) is 0. The number of hydrogen-bond acceptors (Lipinski definition) is 4. The van der Waals surface area contributed by atoms with Crippen LogP contribution in [0.5, 0.6) is 0 Å². The maximum atomic E-state index is 11.0. The highest BCUT2D eigenvalue weighted by Gasteiger charge is 2.13. The largest absolute Gasteiger partial charge is 0.325 e. The monoisotopic (exact) mass is 210 g/mol. The zero-order chi connectivity index (χ0) is 10.7. The van der Waals surface area contributed by atoms with Gasteiger partial charge in [0, 0.05) is 30.9 Å². The van der Waals surface area contributed by atoms with E-state index in [9.17, 15) is 9.59 Å². The van der Waals surface area contributed by atoms with Crippen LogP contribution < -0.4 is 21.9 Å². The quantitative estimate of drug-likeness (QED) is 0.489. The molecule has 1 aromatic heterocycles. The molecule has 2 rings (SSSR count). The van der Waals surface area contributed by atoms with E-state index in [1.54, 1.807) is 0 Å². The maximum absolute atomic E-state index is 11.0. The number of aromatic nitrogens is 2. The van der Waals surface area contributed by atoms with Gasteiger partial charge < -0.3 is 15.6 Å². The summed E-state index contributed by atoms with van der Waals surface area (Å²) in [7, 11) is 0.